The Kier molecular flexibility index (Phi) is 4.87. The first-order valence-electron chi connectivity index (χ1n) is 5.97. The molecule has 2 N–H and O–H groups in total. The zero-order valence-electron chi connectivity index (χ0n) is 10.1. The largest absolute Gasteiger partial charge is 0.480 e. The van der Waals surface area contributed by atoms with Gasteiger partial charge >= 0.3 is 5.97 Å². The maximum atomic E-state index is 11.7. The van der Waals surface area contributed by atoms with Gasteiger partial charge in [-0.3, -0.25) is 4.79 Å². The number of carbonyl (C=O) groups is 2. The maximum Gasteiger partial charge on any atom is 0.326 e. The standard InChI is InChI=1S/C13H14BrNO3S/c14-9-3-5-10(6-4-9)19-7-11(16)15-12(13(17)18)8-1-2-8/h3-6,8,12H,1-2,7H2,(H,15,16)(H,17,18). The molecular weight excluding hydrogens is 330 g/mol. The van der Waals surface area contributed by atoms with Crippen molar-refractivity contribution in [1.29, 1.82) is 0 Å². The minimum Gasteiger partial charge on any atom is -0.480 e. The predicted molar refractivity (Wildman–Crippen MR) is 77.2 cm³/mol. The SMILES string of the molecule is O=C(CSc1ccc(Br)cc1)NC(C(=O)O)C1CC1. The quantitative estimate of drug-likeness (QED) is 0.779. The highest BCUT2D eigenvalue weighted by atomic mass is 79.9. The van der Waals surface area contributed by atoms with E-state index in [0.29, 0.717) is 0 Å². The minimum atomic E-state index is -0.940. The molecule has 1 aliphatic carbocycles. The van der Waals surface area contributed by atoms with Crippen LogP contribution in [-0.4, -0.2) is 28.8 Å². The lowest BCUT2D eigenvalue weighted by Crippen LogP contribution is -2.43. The molecule has 19 heavy (non-hydrogen) atoms. The molecular formula is C13H14BrNO3S. The van der Waals surface area contributed by atoms with Crippen molar-refractivity contribution in [2.75, 3.05) is 5.75 Å². The number of amides is 1. The molecule has 0 radical (unpaired) electrons. The monoisotopic (exact) mass is 343 g/mol. The van der Waals surface area contributed by atoms with E-state index in [-0.39, 0.29) is 17.6 Å². The van der Waals surface area contributed by atoms with Crippen molar-refractivity contribution in [3.63, 3.8) is 0 Å². The van der Waals surface area contributed by atoms with Crippen LogP contribution in [0.15, 0.2) is 33.6 Å². The number of aliphatic carboxylic acids is 1. The van der Waals surface area contributed by atoms with Gasteiger partial charge in [0.15, 0.2) is 0 Å². The van der Waals surface area contributed by atoms with Crippen molar-refractivity contribution in [2.24, 2.45) is 5.92 Å². The predicted octanol–water partition coefficient (Wildman–Crippen LogP) is 2.52. The number of hydrogen-bond acceptors (Lipinski definition) is 3. The lowest BCUT2D eigenvalue weighted by Gasteiger charge is -2.13. The van der Waals surface area contributed by atoms with Gasteiger partial charge in [-0.2, -0.15) is 0 Å². The zero-order chi connectivity index (χ0) is 13.8. The second-order valence-corrected chi connectivity index (χ2v) is 6.43. The van der Waals surface area contributed by atoms with Crippen LogP contribution in [0.4, 0.5) is 0 Å². The van der Waals surface area contributed by atoms with Gasteiger partial charge in [0.25, 0.3) is 0 Å². The number of rotatable bonds is 6. The highest BCUT2D eigenvalue weighted by Gasteiger charge is 2.37. The van der Waals surface area contributed by atoms with E-state index in [0.717, 1.165) is 22.2 Å². The molecule has 0 aliphatic heterocycles. The van der Waals surface area contributed by atoms with Crippen molar-refractivity contribution in [2.45, 2.75) is 23.8 Å². The van der Waals surface area contributed by atoms with Crippen molar-refractivity contribution in [3.05, 3.63) is 28.7 Å². The van der Waals surface area contributed by atoms with Gasteiger partial charge in [0.2, 0.25) is 5.91 Å². The molecule has 1 amide bonds. The van der Waals surface area contributed by atoms with Gasteiger partial charge < -0.3 is 10.4 Å². The van der Waals surface area contributed by atoms with Crippen LogP contribution in [0.3, 0.4) is 0 Å². The molecule has 0 bridgehead atoms. The number of carbonyl (C=O) groups excluding carboxylic acids is 1. The van der Waals surface area contributed by atoms with Gasteiger partial charge in [0, 0.05) is 9.37 Å². The van der Waals surface area contributed by atoms with Crippen molar-refractivity contribution in [1.82, 2.24) is 5.32 Å². The Morgan fingerprint density at radius 3 is 2.53 bits per heavy atom. The third kappa shape index (κ3) is 4.54. The Bertz CT molecular complexity index is 473. The summed E-state index contributed by atoms with van der Waals surface area (Å²) in [5, 5.41) is 11.6. The first kappa shape index (κ1) is 14.4. The Morgan fingerprint density at radius 1 is 1.37 bits per heavy atom. The van der Waals surface area contributed by atoms with Gasteiger partial charge in [0.1, 0.15) is 6.04 Å². The Morgan fingerprint density at radius 2 is 2.00 bits per heavy atom. The number of carboxylic acid groups (broad SMARTS) is 1. The van der Waals surface area contributed by atoms with E-state index in [4.69, 9.17) is 5.11 Å². The third-order valence-corrected chi connectivity index (χ3v) is 4.40. The second-order valence-electron chi connectivity index (χ2n) is 4.46. The molecule has 1 atom stereocenters. The van der Waals surface area contributed by atoms with Gasteiger partial charge in [0.05, 0.1) is 5.75 Å². The summed E-state index contributed by atoms with van der Waals surface area (Å²) in [6.07, 6.45) is 1.77. The normalized spacial score (nSPS) is 15.8. The topological polar surface area (TPSA) is 66.4 Å². The summed E-state index contributed by atoms with van der Waals surface area (Å²) in [6.45, 7) is 0. The molecule has 1 aliphatic rings. The molecule has 4 nitrogen and oxygen atoms in total. The van der Waals surface area contributed by atoms with Crippen LogP contribution in [-0.2, 0) is 9.59 Å². The molecule has 0 aromatic heterocycles. The van der Waals surface area contributed by atoms with Crippen LogP contribution in [0.5, 0.6) is 0 Å². The van der Waals surface area contributed by atoms with E-state index in [1.165, 1.54) is 11.8 Å². The van der Waals surface area contributed by atoms with Crippen LogP contribution < -0.4 is 5.32 Å². The average Bonchev–Trinajstić information content (AvgIpc) is 3.19. The number of thioether (sulfide) groups is 1. The maximum absolute atomic E-state index is 11.7. The van der Waals surface area contributed by atoms with Crippen LogP contribution >= 0.6 is 27.7 Å². The summed E-state index contributed by atoms with van der Waals surface area (Å²) in [4.78, 5) is 23.7. The summed E-state index contributed by atoms with van der Waals surface area (Å²) in [6, 6.07) is 6.92. The summed E-state index contributed by atoms with van der Waals surface area (Å²) in [5.41, 5.74) is 0. The van der Waals surface area contributed by atoms with Crippen molar-refractivity contribution < 1.29 is 14.7 Å². The molecule has 1 fully saturated rings. The van der Waals surface area contributed by atoms with Crippen LogP contribution in [0.2, 0.25) is 0 Å². The number of benzene rings is 1. The van der Waals surface area contributed by atoms with Crippen LogP contribution in [0.25, 0.3) is 0 Å². The number of carboxylic acids is 1. The Balaban J connectivity index is 1.80. The smallest absolute Gasteiger partial charge is 0.326 e. The van der Waals surface area contributed by atoms with E-state index in [1.807, 2.05) is 24.3 Å². The van der Waals surface area contributed by atoms with E-state index in [9.17, 15) is 9.59 Å². The molecule has 1 unspecified atom stereocenters. The Hall–Kier alpha value is -1.01. The first-order chi connectivity index (χ1) is 9.06. The minimum absolute atomic E-state index is 0.110. The number of hydrogen-bond donors (Lipinski definition) is 2. The second kappa shape index (κ2) is 6.43. The van der Waals surface area contributed by atoms with E-state index < -0.39 is 12.0 Å². The van der Waals surface area contributed by atoms with Gasteiger partial charge in [-0.15, -0.1) is 11.8 Å². The van der Waals surface area contributed by atoms with Crippen molar-refractivity contribution in [3.8, 4) is 0 Å². The summed E-state index contributed by atoms with van der Waals surface area (Å²) >= 11 is 4.74. The fourth-order valence-electron chi connectivity index (χ4n) is 1.71. The lowest BCUT2D eigenvalue weighted by atomic mass is 10.2. The molecule has 1 aromatic rings. The molecule has 1 saturated carbocycles. The summed E-state index contributed by atoms with van der Waals surface area (Å²) < 4.78 is 0.987. The van der Waals surface area contributed by atoms with Gasteiger partial charge in [-0.25, -0.2) is 4.79 Å². The molecule has 102 valence electrons. The third-order valence-electron chi connectivity index (χ3n) is 2.86. The molecule has 0 saturated heterocycles. The van der Waals surface area contributed by atoms with E-state index >= 15 is 0 Å². The molecule has 1 aromatic carbocycles. The summed E-state index contributed by atoms with van der Waals surface area (Å²) in [5.74, 6) is -0.825. The van der Waals surface area contributed by atoms with E-state index in [2.05, 4.69) is 21.2 Å². The van der Waals surface area contributed by atoms with Crippen LogP contribution in [0, 0.1) is 5.92 Å². The summed E-state index contributed by atoms with van der Waals surface area (Å²) in [7, 11) is 0. The molecule has 0 heterocycles. The highest BCUT2D eigenvalue weighted by molar-refractivity contribution is 9.10. The average molecular weight is 344 g/mol. The number of halogens is 1. The first-order valence-corrected chi connectivity index (χ1v) is 7.74. The highest BCUT2D eigenvalue weighted by Crippen LogP contribution is 2.32. The fraction of sp³-hybridized carbons (Fsp3) is 0.385. The molecule has 2 rings (SSSR count). The van der Waals surface area contributed by atoms with Crippen molar-refractivity contribution >= 4 is 39.6 Å². The van der Waals surface area contributed by atoms with Gasteiger partial charge in [-0.1, -0.05) is 15.9 Å². The Labute approximate surface area is 124 Å². The molecule has 0 spiro atoms. The molecule has 6 heteroatoms. The fourth-order valence-corrected chi connectivity index (χ4v) is 2.68. The van der Waals surface area contributed by atoms with Crippen LogP contribution in [0.1, 0.15) is 12.8 Å². The van der Waals surface area contributed by atoms with E-state index in [1.54, 1.807) is 0 Å². The van der Waals surface area contributed by atoms with Gasteiger partial charge in [-0.05, 0) is 43.0 Å². The zero-order valence-corrected chi connectivity index (χ0v) is 12.5. The lowest BCUT2D eigenvalue weighted by molar-refractivity contribution is -0.142. The number of nitrogens with one attached hydrogen (secondary N) is 1.